The van der Waals surface area contributed by atoms with Gasteiger partial charge in [0.15, 0.2) is 0 Å². The van der Waals surface area contributed by atoms with E-state index in [9.17, 15) is 10.2 Å². The molecular weight excluding hydrogens is 482 g/mol. The summed E-state index contributed by atoms with van der Waals surface area (Å²) in [6, 6.07) is 8.72. The summed E-state index contributed by atoms with van der Waals surface area (Å²) in [7, 11) is 0. The highest BCUT2D eigenvalue weighted by atomic mass is 16.5. The van der Waals surface area contributed by atoms with Gasteiger partial charge < -0.3 is 14.9 Å². The number of ether oxygens (including phenoxy) is 1. The smallest absolute Gasteiger partial charge is 0.123 e. The van der Waals surface area contributed by atoms with Crippen LogP contribution in [-0.4, -0.2) is 34.4 Å². The molecule has 39 heavy (non-hydrogen) atoms. The molecular formula is C35H55NO3. The van der Waals surface area contributed by atoms with Crippen molar-refractivity contribution in [3.8, 4) is 11.5 Å². The van der Waals surface area contributed by atoms with Gasteiger partial charge in [-0.1, -0.05) is 107 Å². The number of hydrogen-bond donors (Lipinski definition) is 2. The summed E-state index contributed by atoms with van der Waals surface area (Å²) in [5.41, 5.74) is 5.85. The second-order valence-corrected chi connectivity index (χ2v) is 15.9. The van der Waals surface area contributed by atoms with Crippen LogP contribution in [-0.2, 0) is 39.5 Å². The van der Waals surface area contributed by atoms with Gasteiger partial charge >= 0.3 is 0 Å². The first-order valence-electron chi connectivity index (χ1n) is 14.8. The molecule has 1 atom stereocenters. The molecule has 218 valence electrons. The topological polar surface area (TPSA) is 52.9 Å². The monoisotopic (exact) mass is 537 g/mol. The van der Waals surface area contributed by atoms with E-state index in [0.717, 1.165) is 48.2 Å². The van der Waals surface area contributed by atoms with Crippen LogP contribution in [0.2, 0.25) is 0 Å². The number of phenolic OH excluding ortho intramolecular Hbond substituents is 2. The Labute approximate surface area is 238 Å². The summed E-state index contributed by atoms with van der Waals surface area (Å²) in [5, 5.41) is 23.1. The van der Waals surface area contributed by atoms with E-state index >= 15 is 0 Å². The maximum absolute atomic E-state index is 11.5. The molecule has 1 saturated heterocycles. The van der Waals surface area contributed by atoms with Gasteiger partial charge in [0, 0.05) is 37.4 Å². The first-order valence-corrected chi connectivity index (χ1v) is 14.8. The van der Waals surface area contributed by atoms with Crippen molar-refractivity contribution in [3.05, 3.63) is 57.6 Å². The summed E-state index contributed by atoms with van der Waals surface area (Å²) in [5.74, 6) is 0.770. The predicted octanol–water partition coefficient (Wildman–Crippen LogP) is 8.47. The molecule has 3 rings (SSSR count). The molecule has 0 aliphatic carbocycles. The van der Waals surface area contributed by atoms with Crippen LogP contribution in [0.15, 0.2) is 24.3 Å². The van der Waals surface area contributed by atoms with Gasteiger partial charge in [0.1, 0.15) is 11.5 Å². The molecule has 0 bridgehead atoms. The summed E-state index contributed by atoms with van der Waals surface area (Å²) in [6.45, 7) is 29.0. The lowest BCUT2D eigenvalue weighted by Gasteiger charge is -2.32. The number of hydrogen-bond acceptors (Lipinski definition) is 4. The van der Waals surface area contributed by atoms with Crippen molar-refractivity contribution in [1.29, 1.82) is 0 Å². The summed E-state index contributed by atoms with van der Waals surface area (Å²) < 4.78 is 6.06. The quantitative estimate of drug-likeness (QED) is 0.388. The largest absolute Gasteiger partial charge is 0.507 e. The number of aromatic hydroxyl groups is 2. The summed E-state index contributed by atoms with van der Waals surface area (Å²) in [4.78, 5) is 2.36. The average molecular weight is 538 g/mol. The number of phenols is 2. The first kappa shape index (κ1) is 31.5. The lowest BCUT2D eigenvalue weighted by atomic mass is 9.78. The zero-order chi connectivity index (χ0) is 29.6. The van der Waals surface area contributed by atoms with Gasteiger partial charge in [-0.05, 0) is 56.8 Å². The van der Waals surface area contributed by atoms with Crippen LogP contribution in [0.5, 0.6) is 11.5 Å². The molecule has 0 unspecified atom stereocenters. The van der Waals surface area contributed by atoms with Crippen LogP contribution in [0.1, 0.15) is 129 Å². The van der Waals surface area contributed by atoms with Crippen molar-refractivity contribution in [2.24, 2.45) is 0 Å². The molecule has 0 spiro atoms. The standard InChI is InChI=1S/C35H55NO3/c1-32(2,3)25-16-23(30(37)28(18-25)34(7,8)9)20-36(22-27-14-13-15-39-27)21-24-17-26(33(4,5)6)19-29(31(24)38)35(10,11)12/h16-19,27,37-38H,13-15,20-22H2,1-12H3/t27-/m1/s1. The molecule has 4 heteroatoms. The van der Waals surface area contributed by atoms with Crippen LogP contribution in [0, 0.1) is 0 Å². The van der Waals surface area contributed by atoms with Gasteiger partial charge in [-0.15, -0.1) is 0 Å². The Hall–Kier alpha value is -2.04. The van der Waals surface area contributed by atoms with Crippen LogP contribution < -0.4 is 0 Å². The van der Waals surface area contributed by atoms with Crippen molar-refractivity contribution in [3.63, 3.8) is 0 Å². The van der Waals surface area contributed by atoms with Crippen molar-refractivity contribution < 1.29 is 14.9 Å². The molecule has 0 amide bonds. The highest BCUT2D eigenvalue weighted by Gasteiger charge is 2.29. The van der Waals surface area contributed by atoms with Crippen molar-refractivity contribution in [1.82, 2.24) is 4.90 Å². The average Bonchev–Trinajstić information content (AvgIpc) is 3.26. The second kappa shape index (κ2) is 11.1. The maximum atomic E-state index is 11.5. The van der Waals surface area contributed by atoms with Crippen LogP contribution in [0.25, 0.3) is 0 Å². The molecule has 1 fully saturated rings. The van der Waals surface area contributed by atoms with E-state index in [1.165, 1.54) is 11.1 Å². The van der Waals surface area contributed by atoms with E-state index in [0.29, 0.717) is 24.6 Å². The zero-order valence-corrected chi connectivity index (χ0v) is 26.9. The van der Waals surface area contributed by atoms with E-state index in [2.05, 4.69) is 112 Å². The number of benzene rings is 2. The van der Waals surface area contributed by atoms with E-state index in [1.54, 1.807) is 0 Å². The second-order valence-electron chi connectivity index (χ2n) is 15.9. The van der Waals surface area contributed by atoms with Gasteiger partial charge in [-0.2, -0.15) is 0 Å². The Balaban J connectivity index is 2.12. The molecule has 2 N–H and O–H groups in total. The van der Waals surface area contributed by atoms with Gasteiger partial charge in [-0.3, -0.25) is 4.90 Å². The Morgan fingerprint density at radius 1 is 0.667 bits per heavy atom. The minimum absolute atomic E-state index is 0.0389. The lowest BCUT2D eigenvalue weighted by Crippen LogP contribution is -2.32. The molecule has 1 aliphatic rings. The maximum Gasteiger partial charge on any atom is 0.123 e. The molecule has 1 heterocycles. The van der Waals surface area contributed by atoms with Gasteiger partial charge in [-0.25, -0.2) is 0 Å². The SMILES string of the molecule is CC(C)(C)c1cc(CN(Cc2cc(C(C)(C)C)cc(C(C)(C)C)c2O)C[C@H]2CCCO2)c(O)c(C(C)(C)C)c1. The molecule has 0 aromatic heterocycles. The van der Waals surface area contributed by atoms with E-state index in [1.807, 2.05) is 0 Å². The van der Waals surface area contributed by atoms with E-state index in [4.69, 9.17) is 4.74 Å². The predicted molar refractivity (Wildman–Crippen MR) is 164 cm³/mol. The van der Waals surface area contributed by atoms with Crippen LogP contribution in [0.3, 0.4) is 0 Å². The Kier molecular flexibility index (Phi) is 8.95. The number of rotatable bonds is 6. The third-order valence-corrected chi connectivity index (χ3v) is 8.00. The Morgan fingerprint density at radius 3 is 1.38 bits per heavy atom. The molecule has 1 aliphatic heterocycles. The molecule has 2 aromatic rings. The third kappa shape index (κ3) is 7.79. The fourth-order valence-electron chi connectivity index (χ4n) is 5.38. The summed E-state index contributed by atoms with van der Waals surface area (Å²) in [6.07, 6.45) is 2.28. The molecule has 0 radical (unpaired) electrons. The fourth-order valence-corrected chi connectivity index (χ4v) is 5.38. The van der Waals surface area contributed by atoms with E-state index in [-0.39, 0.29) is 27.8 Å². The van der Waals surface area contributed by atoms with Crippen molar-refractivity contribution >= 4 is 0 Å². The summed E-state index contributed by atoms with van der Waals surface area (Å²) >= 11 is 0. The van der Waals surface area contributed by atoms with Crippen LogP contribution >= 0.6 is 0 Å². The highest BCUT2D eigenvalue weighted by molar-refractivity contribution is 5.50. The van der Waals surface area contributed by atoms with Gasteiger partial charge in [0.2, 0.25) is 0 Å². The van der Waals surface area contributed by atoms with Gasteiger partial charge in [0.05, 0.1) is 6.10 Å². The number of nitrogens with zero attached hydrogens (tertiary/aromatic N) is 1. The first-order chi connectivity index (χ1) is 17.7. The van der Waals surface area contributed by atoms with Crippen molar-refractivity contribution in [2.75, 3.05) is 13.2 Å². The lowest BCUT2D eigenvalue weighted by molar-refractivity contribution is 0.0672. The molecule has 0 saturated carbocycles. The zero-order valence-electron chi connectivity index (χ0n) is 26.9. The highest BCUT2D eigenvalue weighted by Crippen LogP contribution is 2.40. The fraction of sp³-hybridized carbons (Fsp3) is 0.657. The minimum atomic E-state index is -0.180. The van der Waals surface area contributed by atoms with Crippen molar-refractivity contribution in [2.45, 2.75) is 137 Å². The van der Waals surface area contributed by atoms with Crippen LogP contribution in [0.4, 0.5) is 0 Å². The molecule has 2 aromatic carbocycles. The minimum Gasteiger partial charge on any atom is -0.507 e. The normalized spacial score (nSPS) is 17.3. The Morgan fingerprint density at radius 2 is 1.08 bits per heavy atom. The van der Waals surface area contributed by atoms with E-state index < -0.39 is 0 Å². The Bertz CT molecular complexity index is 1060. The third-order valence-electron chi connectivity index (χ3n) is 8.00. The van der Waals surface area contributed by atoms with Gasteiger partial charge in [0.25, 0.3) is 0 Å². The molecule has 4 nitrogen and oxygen atoms in total.